The molecule has 1 heterocycles. The third kappa shape index (κ3) is 2.12. The van der Waals surface area contributed by atoms with Gasteiger partial charge in [-0.3, -0.25) is 0 Å². The Morgan fingerprint density at radius 2 is 1.41 bits per heavy atom. The van der Waals surface area contributed by atoms with E-state index in [0.29, 0.717) is 5.56 Å². The molecule has 1 aliphatic carbocycles. The van der Waals surface area contributed by atoms with Crippen LogP contribution in [0.15, 0.2) is 94.7 Å². The first-order chi connectivity index (χ1) is 14.2. The maximum Gasteiger partial charge on any atom is 0.0991 e. The minimum Gasteiger partial charge on any atom is -0.192 e. The number of fused-ring (bicyclic) bond motifs is 9. The summed E-state index contributed by atoms with van der Waals surface area (Å²) in [6, 6.07) is 31.8. The second-order valence-electron chi connectivity index (χ2n) is 7.41. The van der Waals surface area contributed by atoms with Crippen molar-refractivity contribution in [2.24, 2.45) is 0 Å². The number of nitrogens with zero attached hydrogens (tertiary/aromatic N) is 1. The van der Waals surface area contributed by atoms with Crippen LogP contribution in [0.2, 0.25) is 5.02 Å². The van der Waals surface area contributed by atoms with Crippen molar-refractivity contribution in [1.82, 2.24) is 0 Å². The Bertz CT molecular complexity index is 1370. The molecule has 0 aromatic heterocycles. The first-order valence-corrected chi connectivity index (χ1v) is 10.6. The molecule has 0 amide bonds. The summed E-state index contributed by atoms with van der Waals surface area (Å²) >= 11 is 8.30. The van der Waals surface area contributed by atoms with Gasteiger partial charge in [-0.05, 0) is 69.8 Å². The summed E-state index contributed by atoms with van der Waals surface area (Å²) in [4.78, 5) is 2.45. The molecule has 4 aromatic carbocycles. The van der Waals surface area contributed by atoms with Gasteiger partial charge in [0.05, 0.1) is 17.0 Å². The smallest absolute Gasteiger partial charge is 0.0991 e. The van der Waals surface area contributed by atoms with Gasteiger partial charge in [0.1, 0.15) is 0 Å². The molecule has 0 saturated carbocycles. The summed E-state index contributed by atoms with van der Waals surface area (Å²) < 4.78 is 0. The van der Waals surface area contributed by atoms with E-state index in [9.17, 15) is 5.26 Å². The summed E-state index contributed by atoms with van der Waals surface area (Å²) in [5.74, 6) is 0. The molecule has 6 rings (SSSR count). The van der Waals surface area contributed by atoms with Gasteiger partial charge in [-0.25, -0.2) is 0 Å². The van der Waals surface area contributed by atoms with Gasteiger partial charge in [-0.1, -0.05) is 71.9 Å². The molecule has 1 aliphatic heterocycles. The maximum absolute atomic E-state index is 9.63. The van der Waals surface area contributed by atoms with Gasteiger partial charge in [-0.2, -0.15) is 5.26 Å². The average molecular weight is 408 g/mol. The van der Waals surface area contributed by atoms with E-state index in [1.807, 2.05) is 12.1 Å². The predicted octanol–water partition coefficient (Wildman–Crippen LogP) is 7.04. The fourth-order valence-electron chi connectivity index (χ4n) is 4.94. The summed E-state index contributed by atoms with van der Waals surface area (Å²) in [6.45, 7) is 0. The zero-order chi connectivity index (χ0) is 19.6. The third-order valence-electron chi connectivity index (χ3n) is 6.03. The Balaban J connectivity index is 1.86. The van der Waals surface area contributed by atoms with Gasteiger partial charge in [-0.15, -0.1) is 0 Å². The predicted molar refractivity (Wildman–Crippen MR) is 118 cm³/mol. The number of benzene rings is 4. The second-order valence-corrected chi connectivity index (χ2v) is 8.93. The Hall–Kier alpha value is -2.99. The topological polar surface area (TPSA) is 23.8 Å². The molecule has 1 atom stereocenters. The van der Waals surface area contributed by atoms with Crippen molar-refractivity contribution < 1.29 is 0 Å². The van der Waals surface area contributed by atoms with Crippen LogP contribution in [0.25, 0.3) is 11.1 Å². The summed E-state index contributed by atoms with van der Waals surface area (Å²) in [7, 11) is 0. The minimum atomic E-state index is -0.471. The zero-order valence-corrected chi connectivity index (χ0v) is 16.9. The van der Waals surface area contributed by atoms with Crippen LogP contribution >= 0.6 is 23.4 Å². The van der Waals surface area contributed by atoms with E-state index in [2.05, 4.69) is 78.9 Å². The molecule has 0 N–H and O–H groups in total. The quantitative estimate of drug-likeness (QED) is 0.269. The molecule has 0 bridgehead atoms. The molecule has 4 aromatic rings. The van der Waals surface area contributed by atoms with Crippen LogP contribution in [0, 0.1) is 11.3 Å². The van der Waals surface area contributed by atoms with Gasteiger partial charge < -0.3 is 0 Å². The Labute approximate surface area is 178 Å². The van der Waals surface area contributed by atoms with Crippen LogP contribution in [0.4, 0.5) is 0 Å². The van der Waals surface area contributed by atoms with E-state index in [1.165, 1.54) is 37.6 Å². The Morgan fingerprint density at radius 3 is 2.28 bits per heavy atom. The van der Waals surface area contributed by atoms with Crippen molar-refractivity contribution in [2.45, 2.75) is 15.2 Å². The lowest BCUT2D eigenvalue weighted by Crippen LogP contribution is -2.32. The average Bonchev–Trinajstić information content (AvgIpc) is 3.05. The fourth-order valence-corrected chi connectivity index (χ4v) is 6.29. The molecular formula is C26H14ClNS. The monoisotopic (exact) mass is 407 g/mol. The largest absolute Gasteiger partial charge is 0.192 e. The maximum atomic E-state index is 9.63. The van der Waals surface area contributed by atoms with Gasteiger partial charge in [0.15, 0.2) is 0 Å². The minimum absolute atomic E-state index is 0.471. The Morgan fingerprint density at radius 1 is 0.690 bits per heavy atom. The standard InChI is InChI=1S/C26H14ClNS/c27-17-10-12-25-23(14-17)26(21-7-3-4-8-24(21)29-25)20-6-2-1-5-18(20)19-11-9-16(15-28)13-22(19)26/h1-14H. The van der Waals surface area contributed by atoms with E-state index >= 15 is 0 Å². The highest BCUT2D eigenvalue weighted by atomic mass is 35.5. The van der Waals surface area contributed by atoms with Gasteiger partial charge in [0.2, 0.25) is 0 Å². The molecule has 3 heteroatoms. The first-order valence-electron chi connectivity index (χ1n) is 9.45. The van der Waals surface area contributed by atoms with Gasteiger partial charge in [0.25, 0.3) is 0 Å². The lowest BCUT2D eigenvalue weighted by atomic mass is 9.67. The van der Waals surface area contributed by atoms with Crippen LogP contribution in [-0.4, -0.2) is 0 Å². The fraction of sp³-hybridized carbons (Fsp3) is 0.0385. The molecule has 0 saturated heterocycles. The number of hydrogen-bond donors (Lipinski definition) is 0. The van der Waals surface area contributed by atoms with Crippen molar-refractivity contribution in [2.75, 3.05) is 0 Å². The molecule has 0 fully saturated rings. The van der Waals surface area contributed by atoms with Gasteiger partial charge >= 0.3 is 0 Å². The third-order valence-corrected chi connectivity index (χ3v) is 7.42. The lowest BCUT2D eigenvalue weighted by Gasteiger charge is -2.39. The Kier molecular flexibility index (Phi) is 3.50. The number of rotatable bonds is 0. The van der Waals surface area contributed by atoms with Crippen molar-refractivity contribution in [3.05, 3.63) is 118 Å². The highest BCUT2D eigenvalue weighted by molar-refractivity contribution is 7.99. The molecule has 2 aliphatic rings. The second kappa shape index (κ2) is 6.00. The van der Waals surface area contributed by atoms with Crippen molar-refractivity contribution in [3.63, 3.8) is 0 Å². The highest BCUT2D eigenvalue weighted by Crippen LogP contribution is 2.62. The van der Waals surface area contributed by atoms with Crippen LogP contribution in [0.1, 0.15) is 27.8 Å². The zero-order valence-electron chi connectivity index (χ0n) is 15.3. The van der Waals surface area contributed by atoms with Crippen LogP contribution < -0.4 is 0 Å². The van der Waals surface area contributed by atoms with Crippen LogP contribution in [-0.2, 0) is 5.41 Å². The van der Waals surface area contributed by atoms with Crippen molar-refractivity contribution in [3.8, 4) is 17.2 Å². The summed E-state index contributed by atoms with van der Waals surface area (Å²) in [5.41, 5.74) is 7.47. The van der Waals surface area contributed by atoms with Crippen LogP contribution in [0.3, 0.4) is 0 Å². The summed E-state index contributed by atoms with van der Waals surface area (Å²) in [5, 5.41) is 10.4. The van der Waals surface area contributed by atoms with Crippen LogP contribution in [0.5, 0.6) is 0 Å². The molecule has 0 radical (unpaired) electrons. The lowest BCUT2D eigenvalue weighted by molar-refractivity contribution is 0.722. The number of hydrogen-bond acceptors (Lipinski definition) is 2. The van der Waals surface area contributed by atoms with Crippen molar-refractivity contribution in [1.29, 1.82) is 5.26 Å². The van der Waals surface area contributed by atoms with Gasteiger partial charge in [0, 0.05) is 14.8 Å². The molecule has 1 nitrogen and oxygen atoms in total. The van der Waals surface area contributed by atoms with E-state index in [-0.39, 0.29) is 0 Å². The SMILES string of the molecule is N#Cc1ccc2c(c1)C1(c3ccccc3Sc3ccc(Cl)cc31)c1ccccc1-2. The molecule has 1 spiro atoms. The number of halogens is 1. The van der Waals surface area contributed by atoms with E-state index in [4.69, 9.17) is 11.6 Å². The number of nitriles is 1. The molecule has 29 heavy (non-hydrogen) atoms. The molecular weight excluding hydrogens is 394 g/mol. The van der Waals surface area contributed by atoms with Crippen molar-refractivity contribution >= 4 is 23.4 Å². The highest BCUT2D eigenvalue weighted by Gasteiger charge is 2.50. The van der Waals surface area contributed by atoms with E-state index in [1.54, 1.807) is 11.8 Å². The normalized spacial score (nSPS) is 17.8. The first kappa shape index (κ1) is 16.9. The molecule has 136 valence electrons. The van der Waals surface area contributed by atoms with E-state index in [0.717, 1.165) is 10.6 Å². The van der Waals surface area contributed by atoms with E-state index < -0.39 is 5.41 Å². The molecule has 1 unspecified atom stereocenters. The summed E-state index contributed by atoms with van der Waals surface area (Å²) in [6.07, 6.45) is 0.